The molecule has 0 radical (unpaired) electrons. The Kier molecular flexibility index (Phi) is 5.46. The van der Waals surface area contributed by atoms with E-state index < -0.39 is 5.97 Å². The summed E-state index contributed by atoms with van der Waals surface area (Å²) in [6, 6.07) is 10.9. The van der Waals surface area contributed by atoms with Gasteiger partial charge in [0.15, 0.2) is 6.61 Å². The Hall–Kier alpha value is -2.69. The molecule has 2 rings (SSSR count). The van der Waals surface area contributed by atoms with Crippen LogP contribution in [-0.4, -0.2) is 23.5 Å². The molecule has 0 fully saturated rings. The molecule has 0 bridgehead atoms. The molecule has 5 nitrogen and oxygen atoms in total. The Morgan fingerprint density at radius 1 is 1.17 bits per heavy atom. The van der Waals surface area contributed by atoms with E-state index in [4.69, 9.17) is 4.74 Å². The number of benzene rings is 1. The monoisotopic (exact) mass is 312 g/mol. The van der Waals surface area contributed by atoms with Crippen molar-refractivity contribution in [3.8, 4) is 0 Å². The predicted octanol–water partition coefficient (Wildman–Crippen LogP) is 3.31. The molecule has 0 atom stereocenters. The fourth-order valence-electron chi connectivity index (χ4n) is 2.10. The minimum atomic E-state index is -0.565. The van der Waals surface area contributed by atoms with Crippen LogP contribution in [0.1, 0.15) is 41.4 Å². The van der Waals surface area contributed by atoms with E-state index in [-0.39, 0.29) is 18.4 Å². The summed E-state index contributed by atoms with van der Waals surface area (Å²) in [7, 11) is 0. The summed E-state index contributed by atoms with van der Waals surface area (Å²) in [6.07, 6.45) is 1.43. The quantitative estimate of drug-likeness (QED) is 0.860. The molecule has 0 aliphatic heterocycles. The van der Waals surface area contributed by atoms with Gasteiger partial charge in [-0.3, -0.25) is 9.78 Å². The standard InChI is InChI=1S/C18H20N2O3/c1-12(2)15-6-4-5-7-16(15)20-17(21)11-23-18(22)14-9-8-13(3)19-10-14/h4-10,12H,11H2,1-3H3,(H,20,21). The molecule has 1 amide bonds. The number of nitrogens with one attached hydrogen (secondary N) is 1. The molecule has 1 heterocycles. The van der Waals surface area contributed by atoms with Crippen LogP contribution in [0.4, 0.5) is 5.69 Å². The van der Waals surface area contributed by atoms with Crippen LogP contribution in [0.3, 0.4) is 0 Å². The van der Waals surface area contributed by atoms with Gasteiger partial charge in [-0.2, -0.15) is 0 Å². The summed E-state index contributed by atoms with van der Waals surface area (Å²) in [5.74, 6) is -0.649. The smallest absolute Gasteiger partial charge is 0.340 e. The number of rotatable bonds is 5. The minimum Gasteiger partial charge on any atom is -0.452 e. The third kappa shape index (κ3) is 4.64. The lowest BCUT2D eigenvalue weighted by Gasteiger charge is -2.13. The van der Waals surface area contributed by atoms with E-state index in [1.165, 1.54) is 6.20 Å². The Morgan fingerprint density at radius 3 is 2.57 bits per heavy atom. The Balaban J connectivity index is 1.93. The molecule has 0 spiro atoms. The normalized spacial score (nSPS) is 10.4. The largest absolute Gasteiger partial charge is 0.452 e. The van der Waals surface area contributed by atoms with Gasteiger partial charge < -0.3 is 10.1 Å². The summed E-state index contributed by atoms with van der Waals surface area (Å²) in [5.41, 5.74) is 2.91. The van der Waals surface area contributed by atoms with Crippen molar-refractivity contribution in [3.63, 3.8) is 0 Å². The molecule has 1 N–H and O–H groups in total. The summed E-state index contributed by atoms with van der Waals surface area (Å²) in [5, 5.41) is 2.78. The topological polar surface area (TPSA) is 68.3 Å². The van der Waals surface area contributed by atoms with Gasteiger partial charge in [0.2, 0.25) is 0 Å². The lowest BCUT2D eigenvalue weighted by Crippen LogP contribution is -2.21. The zero-order valence-corrected chi connectivity index (χ0v) is 13.5. The Morgan fingerprint density at radius 2 is 1.91 bits per heavy atom. The number of amides is 1. The molecule has 1 aromatic carbocycles. The van der Waals surface area contributed by atoms with Gasteiger partial charge in [0, 0.05) is 17.6 Å². The molecule has 0 unspecified atom stereocenters. The van der Waals surface area contributed by atoms with Crippen molar-refractivity contribution in [2.45, 2.75) is 26.7 Å². The average Bonchev–Trinajstić information content (AvgIpc) is 2.53. The number of nitrogens with zero attached hydrogens (tertiary/aromatic N) is 1. The first-order valence-corrected chi connectivity index (χ1v) is 7.46. The summed E-state index contributed by atoms with van der Waals surface area (Å²) in [4.78, 5) is 27.8. The van der Waals surface area contributed by atoms with Gasteiger partial charge in [-0.25, -0.2) is 4.79 Å². The van der Waals surface area contributed by atoms with Gasteiger partial charge in [-0.1, -0.05) is 32.0 Å². The fraction of sp³-hybridized carbons (Fsp3) is 0.278. The van der Waals surface area contributed by atoms with Crippen molar-refractivity contribution < 1.29 is 14.3 Å². The number of ether oxygens (including phenoxy) is 1. The van der Waals surface area contributed by atoms with Gasteiger partial charge in [0.05, 0.1) is 5.56 Å². The number of carbonyl (C=O) groups is 2. The molecular weight excluding hydrogens is 292 g/mol. The first-order chi connectivity index (χ1) is 11.0. The van der Waals surface area contributed by atoms with Crippen molar-refractivity contribution in [1.29, 1.82) is 0 Å². The third-order valence-electron chi connectivity index (χ3n) is 3.34. The van der Waals surface area contributed by atoms with Crippen LogP contribution in [0.5, 0.6) is 0 Å². The minimum absolute atomic E-state index is 0.285. The lowest BCUT2D eigenvalue weighted by atomic mass is 10.0. The molecule has 0 saturated carbocycles. The zero-order chi connectivity index (χ0) is 16.8. The van der Waals surface area contributed by atoms with Gasteiger partial charge in [0.25, 0.3) is 5.91 Å². The highest BCUT2D eigenvalue weighted by molar-refractivity contribution is 5.95. The van der Waals surface area contributed by atoms with E-state index in [1.54, 1.807) is 12.1 Å². The van der Waals surface area contributed by atoms with E-state index in [1.807, 2.05) is 31.2 Å². The second-order valence-corrected chi connectivity index (χ2v) is 5.55. The summed E-state index contributed by atoms with van der Waals surface area (Å²) >= 11 is 0. The van der Waals surface area contributed by atoms with E-state index in [9.17, 15) is 9.59 Å². The number of aryl methyl sites for hydroxylation is 1. The third-order valence-corrected chi connectivity index (χ3v) is 3.34. The Bertz CT molecular complexity index is 694. The maximum Gasteiger partial charge on any atom is 0.340 e. The number of hydrogen-bond donors (Lipinski definition) is 1. The first-order valence-electron chi connectivity index (χ1n) is 7.46. The summed E-state index contributed by atoms with van der Waals surface area (Å²) in [6.45, 7) is 5.60. The van der Waals surface area contributed by atoms with Crippen LogP contribution in [-0.2, 0) is 9.53 Å². The molecule has 0 saturated heterocycles. The highest BCUT2D eigenvalue weighted by Crippen LogP contribution is 2.23. The van der Waals surface area contributed by atoms with Gasteiger partial charge in [-0.05, 0) is 36.6 Å². The highest BCUT2D eigenvalue weighted by Gasteiger charge is 2.12. The number of hydrogen-bond acceptors (Lipinski definition) is 4. The number of esters is 1. The van der Waals surface area contributed by atoms with Crippen molar-refractivity contribution in [2.24, 2.45) is 0 Å². The molecule has 5 heteroatoms. The van der Waals surface area contributed by atoms with Crippen molar-refractivity contribution in [3.05, 3.63) is 59.4 Å². The van der Waals surface area contributed by atoms with Gasteiger partial charge in [-0.15, -0.1) is 0 Å². The molecule has 1 aromatic heterocycles. The number of carbonyl (C=O) groups excluding carboxylic acids is 2. The van der Waals surface area contributed by atoms with Gasteiger partial charge >= 0.3 is 5.97 Å². The Labute approximate surface area is 135 Å². The fourth-order valence-corrected chi connectivity index (χ4v) is 2.10. The lowest BCUT2D eigenvalue weighted by molar-refractivity contribution is -0.119. The van der Waals surface area contributed by atoms with Crippen LogP contribution in [0.2, 0.25) is 0 Å². The average molecular weight is 312 g/mol. The molecule has 2 aromatic rings. The van der Waals surface area contributed by atoms with Crippen LogP contribution in [0, 0.1) is 6.92 Å². The number of pyridine rings is 1. The number of anilines is 1. The molecular formula is C18H20N2O3. The van der Waals surface area contributed by atoms with Crippen LogP contribution in [0.15, 0.2) is 42.6 Å². The number of para-hydroxylation sites is 1. The highest BCUT2D eigenvalue weighted by atomic mass is 16.5. The summed E-state index contributed by atoms with van der Waals surface area (Å²) < 4.78 is 5.01. The second-order valence-electron chi connectivity index (χ2n) is 5.55. The molecule has 0 aliphatic carbocycles. The predicted molar refractivity (Wildman–Crippen MR) is 88.4 cm³/mol. The molecule has 0 aliphatic rings. The second kappa shape index (κ2) is 7.54. The molecule has 23 heavy (non-hydrogen) atoms. The SMILES string of the molecule is Cc1ccc(C(=O)OCC(=O)Nc2ccccc2C(C)C)cn1. The maximum absolute atomic E-state index is 12.0. The van der Waals surface area contributed by atoms with Crippen LogP contribution in [0.25, 0.3) is 0 Å². The molecule has 120 valence electrons. The van der Waals surface area contributed by atoms with E-state index in [0.717, 1.165) is 16.9 Å². The zero-order valence-electron chi connectivity index (χ0n) is 13.5. The van der Waals surface area contributed by atoms with E-state index in [2.05, 4.69) is 24.1 Å². The van der Waals surface area contributed by atoms with Crippen LogP contribution < -0.4 is 5.32 Å². The first kappa shape index (κ1) is 16.7. The number of aromatic nitrogens is 1. The van der Waals surface area contributed by atoms with E-state index in [0.29, 0.717) is 5.56 Å². The van der Waals surface area contributed by atoms with Crippen molar-refractivity contribution in [2.75, 3.05) is 11.9 Å². The van der Waals surface area contributed by atoms with Gasteiger partial charge in [0.1, 0.15) is 0 Å². The van der Waals surface area contributed by atoms with Crippen molar-refractivity contribution >= 4 is 17.6 Å². The van der Waals surface area contributed by atoms with Crippen LogP contribution >= 0.6 is 0 Å². The maximum atomic E-state index is 12.0. The van der Waals surface area contributed by atoms with E-state index >= 15 is 0 Å². The van der Waals surface area contributed by atoms with Crippen molar-refractivity contribution in [1.82, 2.24) is 4.98 Å².